The second-order valence-electron chi connectivity index (χ2n) is 4.77. The van der Waals surface area contributed by atoms with E-state index in [4.69, 9.17) is 4.99 Å². The summed E-state index contributed by atoms with van der Waals surface area (Å²) in [4.78, 5) is 15.9. The summed E-state index contributed by atoms with van der Waals surface area (Å²) >= 11 is 0. The maximum Gasteiger partial charge on any atom is 0.116 e. The Balaban J connectivity index is 2.03. The van der Waals surface area contributed by atoms with Gasteiger partial charge in [0.05, 0.1) is 23.5 Å². The molecule has 2 atom stereocenters. The standard InChI is InChI=1S/C15H11N3O/c19-18-14-10-6-2-1-5-9(10)13-15(14)17-12-8-4-3-7-11(12)16-13/h1-8,12,15,17H. The van der Waals surface area contributed by atoms with Gasteiger partial charge in [0.15, 0.2) is 0 Å². The number of benzene rings is 1. The second-order valence-corrected chi connectivity index (χ2v) is 4.77. The minimum absolute atomic E-state index is 0.0600. The van der Waals surface area contributed by atoms with Gasteiger partial charge in [0.2, 0.25) is 0 Å². The summed E-state index contributed by atoms with van der Waals surface area (Å²) in [5.41, 5.74) is 2.42. The van der Waals surface area contributed by atoms with Crippen molar-refractivity contribution < 1.29 is 0 Å². The van der Waals surface area contributed by atoms with Crippen molar-refractivity contribution in [1.29, 1.82) is 0 Å². The predicted octanol–water partition coefficient (Wildman–Crippen LogP) is 0.590. The van der Waals surface area contributed by atoms with Crippen molar-refractivity contribution in [3.05, 3.63) is 63.9 Å². The van der Waals surface area contributed by atoms with Crippen LogP contribution in [0, 0.1) is 4.91 Å². The molecule has 1 aliphatic heterocycles. The van der Waals surface area contributed by atoms with Crippen molar-refractivity contribution in [2.75, 3.05) is 0 Å². The van der Waals surface area contributed by atoms with Gasteiger partial charge >= 0.3 is 0 Å². The highest BCUT2D eigenvalue weighted by atomic mass is 16.3. The normalized spacial score (nSPS) is 26.6. The van der Waals surface area contributed by atoms with Gasteiger partial charge in [-0.05, 0) is 11.3 Å². The van der Waals surface area contributed by atoms with Gasteiger partial charge in [-0.15, -0.1) is 4.91 Å². The molecule has 3 aliphatic rings. The van der Waals surface area contributed by atoms with Gasteiger partial charge in [-0.1, -0.05) is 42.5 Å². The molecule has 0 spiro atoms. The summed E-state index contributed by atoms with van der Waals surface area (Å²) in [6, 6.07) is 7.66. The number of fused-ring (bicyclic) bond motifs is 3. The summed E-state index contributed by atoms with van der Waals surface area (Å²) in [6.07, 6.45) is 8.00. The molecule has 1 N–H and O–H groups in total. The van der Waals surface area contributed by atoms with E-state index in [0.29, 0.717) is 5.70 Å². The third-order valence-electron chi connectivity index (χ3n) is 3.72. The summed E-state index contributed by atoms with van der Waals surface area (Å²) < 4.78 is 0. The maximum atomic E-state index is 11.2. The molecular weight excluding hydrogens is 238 g/mol. The Labute approximate surface area is 109 Å². The minimum Gasteiger partial charge on any atom is -0.292 e. The lowest BCUT2D eigenvalue weighted by atomic mass is 10.0. The Kier molecular flexibility index (Phi) is 2.13. The Hall–Kier alpha value is -2.33. The molecule has 0 radical (unpaired) electrons. The molecule has 0 fully saturated rings. The fraction of sp³-hybridized carbons (Fsp3) is 0.133. The topological polar surface area (TPSA) is 53.8 Å². The Morgan fingerprint density at radius 2 is 2.00 bits per heavy atom. The lowest BCUT2D eigenvalue weighted by Crippen LogP contribution is -2.46. The van der Waals surface area contributed by atoms with Crippen LogP contribution in [0.25, 0.3) is 11.4 Å². The average molecular weight is 249 g/mol. The summed E-state index contributed by atoms with van der Waals surface area (Å²) in [6.45, 7) is 0. The zero-order valence-electron chi connectivity index (χ0n) is 10.1. The number of rotatable bonds is 1. The third-order valence-corrected chi connectivity index (χ3v) is 3.72. The molecule has 4 nitrogen and oxygen atoms in total. The van der Waals surface area contributed by atoms with E-state index in [1.807, 2.05) is 48.6 Å². The van der Waals surface area contributed by atoms with Crippen molar-refractivity contribution in [3.63, 3.8) is 0 Å². The fourth-order valence-corrected chi connectivity index (χ4v) is 2.85. The van der Waals surface area contributed by atoms with Crippen LogP contribution < -0.4 is 15.8 Å². The van der Waals surface area contributed by atoms with Crippen molar-refractivity contribution in [2.45, 2.75) is 12.1 Å². The molecule has 0 amide bonds. The first-order valence-corrected chi connectivity index (χ1v) is 6.25. The zero-order chi connectivity index (χ0) is 12.8. The number of allylic oxidation sites excluding steroid dienone is 2. The van der Waals surface area contributed by atoms with E-state index in [-0.39, 0.29) is 12.1 Å². The molecule has 0 aromatic heterocycles. The molecule has 1 aromatic rings. The van der Waals surface area contributed by atoms with Crippen LogP contribution >= 0.6 is 0 Å². The van der Waals surface area contributed by atoms with Gasteiger partial charge in [0.25, 0.3) is 0 Å². The molecular formula is C15H11N3O. The SMILES string of the molecule is O=NC1=c2ccccc2=C2N=C3C=CC=CC3NC12. The molecule has 4 rings (SSSR count). The highest BCUT2D eigenvalue weighted by Crippen LogP contribution is 2.24. The summed E-state index contributed by atoms with van der Waals surface area (Å²) in [7, 11) is 0. The number of nitrogens with one attached hydrogen (secondary N) is 1. The van der Waals surface area contributed by atoms with Crippen molar-refractivity contribution in [1.82, 2.24) is 5.32 Å². The van der Waals surface area contributed by atoms with Gasteiger partial charge in [-0.3, -0.25) is 10.3 Å². The number of nitrogens with zero attached hydrogens (tertiary/aromatic N) is 2. The molecule has 1 aromatic carbocycles. The summed E-state index contributed by atoms with van der Waals surface area (Å²) in [5, 5.41) is 8.54. The molecule has 92 valence electrons. The van der Waals surface area contributed by atoms with Crippen LogP contribution in [0.3, 0.4) is 0 Å². The fourth-order valence-electron chi connectivity index (χ4n) is 2.85. The largest absolute Gasteiger partial charge is 0.292 e. The Bertz CT molecular complexity index is 786. The Morgan fingerprint density at radius 3 is 2.84 bits per heavy atom. The highest BCUT2D eigenvalue weighted by molar-refractivity contribution is 6.06. The van der Waals surface area contributed by atoms with E-state index in [2.05, 4.69) is 10.5 Å². The highest BCUT2D eigenvalue weighted by Gasteiger charge is 2.33. The van der Waals surface area contributed by atoms with Gasteiger partial charge in [0.1, 0.15) is 5.70 Å². The number of aliphatic imine (C=N–C) groups is 1. The van der Waals surface area contributed by atoms with Crippen LogP contribution in [-0.2, 0) is 0 Å². The van der Waals surface area contributed by atoms with Crippen LogP contribution in [0.15, 0.2) is 58.7 Å². The molecule has 2 unspecified atom stereocenters. The van der Waals surface area contributed by atoms with Gasteiger partial charge in [-0.2, -0.15) is 0 Å². The van der Waals surface area contributed by atoms with E-state index in [9.17, 15) is 4.91 Å². The van der Waals surface area contributed by atoms with Crippen LogP contribution in [0.2, 0.25) is 0 Å². The first kappa shape index (κ1) is 10.6. The molecule has 0 bridgehead atoms. The van der Waals surface area contributed by atoms with Crippen LogP contribution in [0.4, 0.5) is 0 Å². The second kappa shape index (κ2) is 3.83. The lowest BCUT2D eigenvalue weighted by molar-refractivity contribution is 0.675. The maximum absolute atomic E-state index is 11.2. The van der Waals surface area contributed by atoms with E-state index in [0.717, 1.165) is 21.8 Å². The van der Waals surface area contributed by atoms with E-state index in [1.54, 1.807) is 0 Å². The third kappa shape index (κ3) is 1.40. The van der Waals surface area contributed by atoms with Crippen LogP contribution in [-0.4, -0.2) is 17.8 Å². The summed E-state index contributed by atoms with van der Waals surface area (Å²) in [5.74, 6) is 0. The minimum atomic E-state index is -0.195. The van der Waals surface area contributed by atoms with Crippen molar-refractivity contribution >= 4 is 17.1 Å². The number of hydrogen-bond donors (Lipinski definition) is 1. The Morgan fingerprint density at radius 1 is 1.16 bits per heavy atom. The zero-order valence-corrected chi connectivity index (χ0v) is 10.1. The molecule has 1 heterocycles. The quantitative estimate of drug-likeness (QED) is 0.741. The lowest BCUT2D eigenvalue weighted by Gasteiger charge is -2.28. The van der Waals surface area contributed by atoms with Gasteiger partial charge in [0, 0.05) is 10.4 Å². The molecule has 2 aliphatic carbocycles. The van der Waals surface area contributed by atoms with Crippen LogP contribution in [0.5, 0.6) is 0 Å². The van der Waals surface area contributed by atoms with Crippen molar-refractivity contribution in [2.24, 2.45) is 10.2 Å². The number of nitroso groups, excluding NO2 is 1. The predicted molar refractivity (Wildman–Crippen MR) is 74.7 cm³/mol. The van der Waals surface area contributed by atoms with E-state index in [1.165, 1.54) is 0 Å². The first-order chi connectivity index (χ1) is 9.38. The average Bonchev–Trinajstić information content (AvgIpc) is 2.78. The van der Waals surface area contributed by atoms with E-state index >= 15 is 0 Å². The van der Waals surface area contributed by atoms with Crippen LogP contribution in [0.1, 0.15) is 0 Å². The van der Waals surface area contributed by atoms with Crippen molar-refractivity contribution in [3.8, 4) is 0 Å². The molecule has 0 saturated carbocycles. The van der Waals surface area contributed by atoms with Gasteiger partial charge < -0.3 is 0 Å². The first-order valence-electron chi connectivity index (χ1n) is 6.25. The van der Waals surface area contributed by atoms with E-state index < -0.39 is 0 Å². The smallest absolute Gasteiger partial charge is 0.116 e. The van der Waals surface area contributed by atoms with Gasteiger partial charge in [-0.25, -0.2) is 0 Å². The molecule has 4 heteroatoms. The number of hydrogen-bond acceptors (Lipinski definition) is 4. The molecule has 0 saturated heterocycles. The molecule has 19 heavy (non-hydrogen) atoms. The monoisotopic (exact) mass is 249 g/mol.